The molecule has 1 aliphatic heterocycles. The van der Waals surface area contributed by atoms with Crippen LogP contribution in [0.15, 0.2) is 36.7 Å². The first-order valence-electron chi connectivity index (χ1n) is 7.85. The number of hydrogen-bond donors (Lipinski definition) is 0. The number of hydrogen-bond acceptors (Lipinski definition) is 4. The first kappa shape index (κ1) is 16.9. The van der Waals surface area contributed by atoms with Crippen molar-refractivity contribution < 1.29 is 9.59 Å². The summed E-state index contributed by atoms with van der Waals surface area (Å²) >= 11 is 7.35. The normalized spacial score (nSPS) is 15.2. The number of pyridine rings is 1. The summed E-state index contributed by atoms with van der Waals surface area (Å²) in [6.45, 7) is 2.44. The van der Waals surface area contributed by atoms with Gasteiger partial charge in [0.2, 0.25) is 5.91 Å². The maximum Gasteiger partial charge on any atom is 0.255 e. The van der Waals surface area contributed by atoms with Gasteiger partial charge in [-0.1, -0.05) is 11.6 Å². The maximum absolute atomic E-state index is 12.5. The number of carbonyl (C=O) groups is 2. The van der Waals surface area contributed by atoms with Gasteiger partial charge in [0, 0.05) is 43.4 Å². The van der Waals surface area contributed by atoms with E-state index in [4.69, 9.17) is 11.6 Å². The number of amides is 2. The fraction of sp³-hybridized carbons (Fsp3) is 0.353. The topological polar surface area (TPSA) is 53.5 Å². The lowest BCUT2D eigenvalue weighted by Gasteiger charge is -2.22. The molecule has 0 spiro atoms. The van der Waals surface area contributed by atoms with Crippen molar-refractivity contribution >= 4 is 34.8 Å². The molecule has 2 amide bonds. The predicted octanol–water partition coefficient (Wildman–Crippen LogP) is 2.71. The quantitative estimate of drug-likeness (QED) is 0.842. The number of aromatic nitrogens is 1. The van der Waals surface area contributed by atoms with E-state index in [9.17, 15) is 9.59 Å². The Morgan fingerprint density at radius 3 is 2.62 bits per heavy atom. The fourth-order valence-corrected chi connectivity index (χ4v) is 3.83. The van der Waals surface area contributed by atoms with Crippen LogP contribution in [0.5, 0.6) is 0 Å². The SMILES string of the molecule is O=C(Cc1ccc(Cl)s1)N1CCCN(C(=O)c2cccnc2)CC1. The van der Waals surface area contributed by atoms with Gasteiger partial charge in [-0.2, -0.15) is 0 Å². The smallest absolute Gasteiger partial charge is 0.255 e. The minimum atomic E-state index is -0.0255. The Kier molecular flexibility index (Phi) is 5.48. The van der Waals surface area contributed by atoms with Crippen molar-refractivity contribution in [3.05, 3.63) is 51.4 Å². The highest BCUT2D eigenvalue weighted by Crippen LogP contribution is 2.22. The van der Waals surface area contributed by atoms with Crippen LogP contribution in [0.2, 0.25) is 4.34 Å². The summed E-state index contributed by atoms with van der Waals surface area (Å²) in [5.41, 5.74) is 0.588. The number of rotatable bonds is 3. The molecule has 0 radical (unpaired) electrons. The fourth-order valence-electron chi connectivity index (χ4n) is 2.75. The molecule has 5 nitrogen and oxygen atoms in total. The van der Waals surface area contributed by atoms with E-state index in [1.807, 2.05) is 17.0 Å². The molecular weight excluding hydrogens is 346 g/mol. The number of nitrogens with zero attached hydrogens (tertiary/aromatic N) is 3. The number of halogens is 1. The number of carbonyl (C=O) groups excluding carboxylic acids is 2. The third-order valence-corrected chi connectivity index (χ3v) is 5.23. The predicted molar refractivity (Wildman–Crippen MR) is 94.4 cm³/mol. The maximum atomic E-state index is 12.5. The van der Waals surface area contributed by atoms with Gasteiger partial charge in [-0.25, -0.2) is 0 Å². The van der Waals surface area contributed by atoms with Gasteiger partial charge in [0.25, 0.3) is 5.91 Å². The van der Waals surface area contributed by atoms with Crippen LogP contribution in [0.25, 0.3) is 0 Å². The lowest BCUT2D eigenvalue weighted by molar-refractivity contribution is -0.130. The summed E-state index contributed by atoms with van der Waals surface area (Å²) < 4.78 is 0.696. The van der Waals surface area contributed by atoms with E-state index < -0.39 is 0 Å². The lowest BCUT2D eigenvalue weighted by atomic mass is 10.2. The molecule has 2 aromatic heterocycles. The van der Waals surface area contributed by atoms with Crippen molar-refractivity contribution in [1.82, 2.24) is 14.8 Å². The highest BCUT2D eigenvalue weighted by atomic mass is 35.5. The van der Waals surface area contributed by atoms with E-state index in [0.29, 0.717) is 42.5 Å². The van der Waals surface area contributed by atoms with Crippen molar-refractivity contribution in [2.24, 2.45) is 0 Å². The average molecular weight is 364 g/mol. The highest BCUT2D eigenvalue weighted by Gasteiger charge is 2.23. The van der Waals surface area contributed by atoms with E-state index in [2.05, 4.69) is 4.98 Å². The van der Waals surface area contributed by atoms with E-state index in [1.54, 1.807) is 29.4 Å². The first-order valence-corrected chi connectivity index (χ1v) is 9.04. The number of thiophene rings is 1. The molecule has 126 valence electrons. The van der Waals surface area contributed by atoms with E-state index >= 15 is 0 Å². The molecule has 7 heteroatoms. The van der Waals surface area contributed by atoms with Crippen LogP contribution in [0, 0.1) is 0 Å². The van der Waals surface area contributed by atoms with Crippen LogP contribution < -0.4 is 0 Å². The van der Waals surface area contributed by atoms with Crippen LogP contribution in [0.4, 0.5) is 0 Å². The van der Waals surface area contributed by atoms with Crippen molar-refractivity contribution in [1.29, 1.82) is 0 Å². The van der Waals surface area contributed by atoms with Gasteiger partial charge in [-0.15, -0.1) is 11.3 Å². The largest absolute Gasteiger partial charge is 0.341 e. The van der Waals surface area contributed by atoms with E-state index in [1.165, 1.54) is 11.3 Å². The Labute approximate surface area is 149 Å². The van der Waals surface area contributed by atoms with Gasteiger partial charge in [0.1, 0.15) is 0 Å². The van der Waals surface area contributed by atoms with Crippen LogP contribution in [0.1, 0.15) is 21.7 Å². The van der Waals surface area contributed by atoms with Crippen LogP contribution in [-0.4, -0.2) is 52.8 Å². The van der Waals surface area contributed by atoms with Gasteiger partial charge in [0.15, 0.2) is 0 Å². The van der Waals surface area contributed by atoms with Gasteiger partial charge in [0.05, 0.1) is 16.3 Å². The minimum Gasteiger partial charge on any atom is -0.341 e. The molecule has 3 heterocycles. The van der Waals surface area contributed by atoms with Crippen molar-refractivity contribution in [2.45, 2.75) is 12.8 Å². The molecule has 0 N–H and O–H groups in total. The Morgan fingerprint density at radius 2 is 1.92 bits per heavy atom. The monoisotopic (exact) mass is 363 g/mol. The molecule has 1 aliphatic rings. The van der Waals surface area contributed by atoms with E-state index in [-0.39, 0.29) is 11.8 Å². The Balaban J connectivity index is 1.58. The zero-order valence-electron chi connectivity index (χ0n) is 13.2. The summed E-state index contributed by atoms with van der Waals surface area (Å²) in [5.74, 6) is 0.0617. The second kappa shape index (κ2) is 7.77. The van der Waals surface area contributed by atoms with Crippen molar-refractivity contribution in [3.8, 4) is 0 Å². The average Bonchev–Trinajstić information content (AvgIpc) is 2.86. The molecule has 24 heavy (non-hydrogen) atoms. The minimum absolute atomic E-state index is 0.0255. The molecule has 0 saturated carbocycles. The summed E-state index contributed by atoms with van der Waals surface area (Å²) in [7, 11) is 0. The molecule has 0 bridgehead atoms. The van der Waals surface area contributed by atoms with Crippen molar-refractivity contribution in [2.75, 3.05) is 26.2 Å². The van der Waals surface area contributed by atoms with Gasteiger partial charge < -0.3 is 9.80 Å². The van der Waals surface area contributed by atoms with Crippen molar-refractivity contribution in [3.63, 3.8) is 0 Å². The second-order valence-corrected chi connectivity index (χ2v) is 7.45. The van der Waals surface area contributed by atoms with E-state index in [0.717, 1.165) is 11.3 Å². The first-order chi connectivity index (χ1) is 11.6. The second-order valence-electron chi connectivity index (χ2n) is 5.65. The molecular formula is C17H18ClN3O2S. The standard InChI is InChI=1S/C17H18ClN3O2S/c18-15-5-4-14(24-15)11-16(22)20-7-2-8-21(10-9-20)17(23)13-3-1-6-19-12-13/h1,3-6,12H,2,7-11H2. The molecule has 2 aromatic rings. The van der Waals surface area contributed by atoms with Crippen LogP contribution in [0.3, 0.4) is 0 Å². The van der Waals surface area contributed by atoms with Crippen LogP contribution in [-0.2, 0) is 11.2 Å². The molecule has 3 rings (SSSR count). The summed E-state index contributed by atoms with van der Waals surface area (Å²) in [6.07, 6.45) is 4.38. The van der Waals surface area contributed by atoms with Gasteiger partial charge in [-0.3, -0.25) is 14.6 Å². The molecule has 1 saturated heterocycles. The third-order valence-electron chi connectivity index (χ3n) is 4.00. The van der Waals surface area contributed by atoms with Gasteiger partial charge in [-0.05, 0) is 30.7 Å². The summed E-state index contributed by atoms with van der Waals surface area (Å²) in [6, 6.07) is 7.23. The molecule has 0 atom stereocenters. The van der Waals surface area contributed by atoms with Gasteiger partial charge >= 0.3 is 0 Å². The Bertz CT molecular complexity index is 720. The molecule has 0 unspecified atom stereocenters. The third kappa shape index (κ3) is 4.13. The summed E-state index contributed by atoms with van der Waals surface area (Å²) in [5, 5.41) is 0. The summed E-state index contributed by atoms with van der Waals surface area (Å²) in [4.78, 5) is 33.5. The Hall–Kier alpha value is -1.92. The Morgan fingerprint density at radius 1 is 1.12 bits per heavy atom. The molecule has 0 aromatic carbocycles. The lowest BCUT2D eigenvalue weighted by Crippen LogP contribution is -2.37. The highest BCUT2D eigenvalue weighted by molar-refractivity contribution is 7.16. The molecule has 1 fully saturated rings. The molecule has 0 aliphatic carbocycles. The van der Waals surface area contributed by atoms with Crippen LogP contribution >= 0.6 is 22.9 Å². The zero-order valence-corrected chi connectivity index (χ0v) is 14.7. The zero-order chi connectivity index (χ0) is 16.9.